The first-order valence-electron chi connectivity index (χ1n) is 10.3. The molecule has 2 aliphatic rings. The third-order valence-electron chi connectivity index (χ3n) is 5.50. The first kappa shape index (κ1) is 20.2. The predicted octanol–water partition coefficient (Wildman–Crippen LogP) is 2.07. The number of amides is 3. The summed E-state index contributed by atoms with van der Waals surface area (Å²) in [6, 6.07) is 7.24. The van der Waals surface area contributed by atoms with Gasteiger partial charge in [0.15, 0.2) is 0 Å². The Morgan fingerprint density at radius 3 is 2.57 bits per heavy atom. The van der Waals surface area contributed by atoms with Gasteiger partial charge in [0.1, 0.15) is 11.6 Å². The van der Waals surface area contributed by atoms with Crippen LogP contribution in [-0.2, 0) is 16.1 Å². The van der Waals surface area contributed by atoms with E-state index in [0.717, 1.165) is 24.7 Å². The zero-order valence-corrected chi connectivity index (χ0v) is 16.9. The summed E-state index contributed by atoms with van der Waals surface area (Å²) in [6.45, 7) is 4.54. The number of nitrogens with one attached hydrogen (secondary N) is 2. The van der Waals surface area contributed by atoms with Crippen molar-refractivity contribution in [2.45, 2.75) is 19.4 Å². The number of morpholine rings is 1. The van der Waals surface area contributed by atoms with Gasteiger partial charge in [-0.05, 0) is 37.1 Å². The second-order valence-corrected chi connectivity index (χ2v) is 7.49. The number of aromatic nitrogens is 1. The summed E-state index contributed by atoms with van der Waals surface area (Å²) in [5.41, 5.74) is 0.662. The van der Waals surface area contributed by atoms with Gasteiger partial charge >= 0.3 is 6.03 Å². The topological polar surface area (TPSA) is 99.9 Å². The molecular formula is C21H27N5O4. The van der Waals surface area contributed by atoms with E-state index in [4.69, 9.17) is 9.15 Å². The molecule has 0 bridgehead atoms. The van der Waals surface area contributed by atoms with Gasteiger partial charge < -0.3 is 29.6 Å². The number of carbonyl (C=O) groups excluding carboxylic acids is 2. The van der Waals surface area contributed by atoms with Crippen molar-refractivity contribution in [1.29, 1.82) is 0 Å². The van der Waals surface area contributed by atoms with Crippen LogP contribution in [-0.4, -0.2) is 61.2 Å². The molecule has 3 amide bonds. The molecule has 0 unspecified atom stereocenters. The monoisotopic (exact) mass is 413 g/mol. The lowest BCUT2D eigenvalue weighted by Crippen LogP contribution is -2.44. The number of urea groups is 1. The molecule has 4 rings (SSSR count). The van der Waals surface area contributed by atoms with E-state index in [1.54, 1.807) is 23.4 Å². The van der Waals surface area contributed by atoms with E-state index in [0.29, 0.717) is 51.4 Å². The Bertz CT molecular complexity index is 826. The van der Waals surface area contributed by atoms with E-state index < -0.39 is 0 Å². The molecule has 4 heterocycles. The Morgan fingerprint density at radius 1 is 1.10 bits per heavy atom. The first-order valence-corrected chi connectivity index (χ1v) is 10.3. The summed E-state index contributed by atoms with van der Waals surface area (Å²) < 4.78 is 10.6. The van der Waals surface area contributed by atoms with Crippen molar-refractivity contribution in [2.24, 2.45) is 5.92 Å². The Morgan fingerprint density at radius 2 is 1.90 bits per heavy atom. The molecule has 2 fully saturated rings. The molecular weight excluding hydrogens is 386 g/mol. The molecule has 160 valence electrons. The van der Waals surface area contributed by atoms with Gasteiger partial charge in [0.05, 0.1) is 37.9 Å². The summed E-state index contributed by atoms with van der Waals surface area (Å²) in [5.74, 6) is 1.54. The molecule has 9 heteroatoms. The molecule has 0 saturated carbocycles. The molecule has 9 nitrogen and oxygen atoms in total. The number of hydrogen-bond donors (Lipinski definition) is 2. The lowest BCUT2D eigenvalue weighted by Gasteiger charge is -2.31. The maximum absolute atomic E-state index is 12.6. The maximum atomic E-state index is 12.6. The van der Waals surface area contributed by atoms with Crippen molar-refractivity contribution in [2.75, 3.05) is 49.6 Å². The van der Waals surface area contributed by atoms with E-state index in [-0.39, 0.29) is 17.9 Å². The van der Waals surface area contributed by atoms with Crippen molar-refractivity contribution in [3.05, 3.63) is 42.5 Å². The molecule has 0 aliphatic carbocycles. The minimum atomic E-state index is -0.162. The molecule has 0 atom stereocenters. The maximum Gasteiger partial charge on any atom is 0.321 e. The normalized spacial score (nSPS) is 17.6. The summed E-state index contributed by atoms with van der Waals surface area (Å²) >= 11 is 0. The third-order valence-corrected chi connectivity index (χ3v) is 5.50. The number of likely N-dealkylation sites (tertiary alicyclic amines) is 1. The fraction of sp³-hybridized carbons (Fsp3) is 0.476. The van der Waals surface area contributed by atoms with Crippen LogP contribution in [0, 0.1) is 5.92 Å². The Hall–Kier alpha value is -3.07. The summed E-state index contributed by atoms with van der Waals surface area (Å²) in [6.07, 6.45) is 4.55. The van der Waals surface area contributed by atoms with Crippen LogP contribution >= 0.6 is 0 Å². The zero-order chi connectivity index (χ0) is 20.8. The highest BCUT2D eigenvalue weighted by atomic mass is 16.5. The van der Waals surface area contributed by atoms with E-state index in [1.807, 2.05) is 18.2 Å². The second kappa shape index (κ2) is 9.62. The highest BCUT2D eigenvalue weighted by molar-refractivity contribution is 5.89. The van der Waals surface area contributed by atoms with Gasteiger partial charge in [0.25, 0.3) is 0 Å². The lowest BCUT2D eigenvalue weighted by atomic mass is 9.96. The van der Waals surface area contributed by atoms with Crippen LogP contribution in [0.1, 0.15) is 18.6 Å². The number of piperidine rings is 1. The van der Waals surface area contributed by atoms with Crippen LogP contribution in [0.3, 0.4) is 0 Å². The molecule has 0 spiro atoms. The zero-order valence-electron chi connectivity index (χ0n) is 16.9. The summed E-state index contributed by atoms with van der Waals surface area (Å²) in [4.78, 5) is 33.2. The molecule has 2 aromatic heterocycles. The SMILES string of the molecule is O=C(NCc1ccco1)C1CCN(C(=O)Nc2ccc(N3CCOCC3)nc2)CC1. The van der Waals surface area contributed by atoms with Gasteiger partial charge in [-0.3, -0.25) is 4.79 Å². The van der Waals surface area contributed by atoms with Crippen LogP contribution in [0.5, 0.6) is 0 Å². The Labute approximate surface area is 175 Å². The van der Waals surface area contributed by atoms with Gasteiger partial charge in [-0.15, -0.1) is 0 Å². The van der Waals surface area contributed by atoms with E-state index in [2.05, 4.69) is 20.5 Å². The number of carbonyl (C=O) groups is 2. The summed E-state index contributed by atoms with van der Waals surface area (Å²) in [5, 5.41) is 5.80. The van der Waals surface area contributed by atoms with Crippen LogP contribution in [0.25, 0.3) is 0 Å². The smallest absolute Gasteiger partial charge is 0.321 e. The molecule has 30 heavy (non-hydrogen) atoms. The molecule has 2 N–H and O–H groups in total. The van der Waals surface area contributed by atoms with Gasteiger partial charge in [-0.25, -0.2) is 9.78 Å². The van der Waals surface area contributed by atoms with Gasteiger partial charge in [0, 0.05) is 32.1 Å². The minimum absolute atomic E-state index is 0.00867. The van der Waals surface area contributed by atoms with Crippen molar-refractivity contribution < 1.29 is 18.7 Å². The number of nitrogens with zero attached hydrogens (tertiary/aromatic N) is 3. The standard InChI is InChI=1S/C21H27N5O4/c27-20(23-15-18-2-1-11-30-18)16-5-7-26(8-6-16)21(28)24-17-3-4-19(22-14-17)25-9-12-29-13-10-25/h1-4,11,14,16H,5-10,12-13,15H2,(H,23,27)(H,24,28). The Kier molecular flexibility index (Phi) is 6.48. The third kappa shape index (κ3) is 5.10. The predicted molar refractivity (Wildman–Crippen MR) is 111 cm³/mol. The highest BCUT2D eigenvalue weighted by Gasteiger charge is 2.27. The summed E-state index contributed by atoms with van der Waals surface area (Å²) in [7, 11) is 0. The first-order chi connectivity index (χ1) is 14.7. The quantitative estimate of drug-likeness (QED) is 0.779. The number of hydrogen-bond acceptors (Lipinski definition) is 6. The van der Waals surface area contributed by atoms with E-state index in [9.17, 15) is 9.59 Å². The number of ether oxygens (including phenoxy) is 1. The van der Waals surface area contributed by atoms with E-state index in [1.165, 1.54) is 0 Å². The number of anilines is 2. The molecule has 2 aromatic rings. The molecule has 2 aliphatic heterocycles. The van der Waals surface area contributed by atoms with E-state index >= 15 is 0 Å². The molecule has 0 aromatic carbocycles. The van der Waals surface area contributed by atoms with Crippen LogP contribution in [0.15, 0.2) is 41.1 Å². The second-order valence-electron chi connectivity index (χ2n) is 7.49. The van der Waals surface area contributed by atoms with Crippen molar-refractivity contribution in [1.82, 2.24) is 15.2 Å². The van der Waals surface area contributed by atoms with Crippen LogP contribution in [0.4, 0.5) is 16.3 Å². The minimum Gasteiger partial charge on any atom is -0.467 e. The van der Waals surface area contributed by atoms with Crippen LogP contribution in [0.2, 0.25) is 0 Å². The number of furan rings is 1. The van der Waals surface area contributed by atoms with Gasteiger partial charge in [-0.2, -0.15) is 0 Å². The highest BCUT2D eigenvalue weighted by Crippen LogP contribution is 2.20. The average molecular weight is 413 g/mol. The fourth-order valence-electron chi connectivity index (χ4n) is 3.72. The number of rotatable bonds is 5. The largest absolute Gasteiger partial charge is 0.467 e. The fourth-order valence-corrected chi connectivity index (χ4v) is 3.72. The van der Waals surface area contributed by atoms with Gasteiger partial charge in [0.2, 0.25) is 5.91 Å². The van der Waals surface area contributed by atoms with Crippen molar-refractivity contribution in [3.8, 4) is 0 Å². The average Bonchev–Trinajstić information content (AvgIpc) is 3.32. The van der Waals surface area contributed by atoms with Crippen molar-refractivity contribution in [3.63, 3.8) is 0 Å². The lowest BCUT2D eigenvalue weighted by molar-refractivity contribution is -0.126. The number of pyridine rings is 1. The molecule has 0 radical (unpaired) electrons. The van der Waals surface area contributed by atoms with Crippen LogP contribution < -0.4 is 15.5 Å². The molecule has 2 saturated heterocycles. The van der Waals surface area contributed by atoms with Crippen molar-refractivity contribution >= 4 is 23.4 Å². The Balaban J connectivity index is 1.21. The van der Waals surface area contributed by atoms with Gasteiger partial charge in [-0.1, -0.05) is 0 Å².